The van der Waals surface area contributed by atoms with Gasteiger partial charge in [0, 0.05) is 42.2 Å². The van der Waals surface area contributed by atoms with Crippen molar-refractivity contribution in [3.05, 3.63) is 58.6 Å². The minimum Gasteiger partial charge on any atom is -0.457 e. The predicted molar refractivity (Wildman–Crippen MR) is 140 cm³/mol. The fourth-order valence-electron chi connectivity index (χ4n) is 4.51. The van der Waals surface area contributed by atoms with Gasteiger partial charge in [0.25, 0.3) is 5.91 Å². The molecule has 0 radical (unpaired) electrons. The lowest BCUT2D eigenvalue weighted by Crippen LogP contribution is -2.40. The van der Waals surface area contributed by atoms with Gasteiger partial charge in [0.15, 0.2) is 0 Å². The van der Waals surface area contributed by atoms with E-state index in [1.807, 2.05) is 37.3 Å². The molecule has 0 saturated carbocycles. The maximum atomic E-state index is 13.0. The van der Waals surface area contributed by atoms with Crippen LogP contribution in [0.15, 0.2) is 42.5 Å². The van der Waals surface area contributed by atoms with E-state index in [-0.39, 0.29) is 29.4 Å². The minimum absolute atomic E-state index is 0.0850. The predicted octanol–water partition coefficient (Wildman–Crippen LogP) is 3.74. The number of benzene rings is 2. The Morgan fingerprint density at radius 2 is 1.89 bits per heavy atom. The van der Waals surface area contributed by atoms with E-state index < -0.39 is 9.84 Å². The number of carbonyl (C=O) groups is 2. The number of aryl methyl sites for hydroxylation is 1. The van der Waals surface area contributed by atoms with Crippen LogP contribution in [-0.2, 0) is 21.2 Å². The molecule has 194 valence electrons. The van der Waals surface area contributed by atoms with Crippen LogP contribution in [-0.4, -0.2) is 59.4 Å². The molecule has 0 atom stereocenters. The number of nitrogens with one attached hydrogen (secondary N) is 1. The van der Waals surface area contributed by atoms with Gasteiger partial charge in [0.2, 0.25) is 5.91 Å². The number of aromatic nitrogens is 2. The Morgan fingerprint density at radius 1 is 1.14 bits per heavy atom. The first-order chi connectivity index (χ1) is 17.8. The largest absolute Gasteiger partial charge is 0.457 e. The van der Waals surface area contributed by atoms with Crippen LogP contribution in [0.25, 0.3) is 10.6 Å². The summed E-state index contributed by atoms with van der Waals surface area (Å²) in [6, 6.07) is 12.5. The van der Waals surface area contributed by atoms with E-state index in [1.54, 1.807) is 17.0 Å². The fraction of sp³-hybridized carbons (Fsp3) is 0.385. The Morgan fingerprint density at radius 3 is 2.54 bits per heavy atom. The molecule has 0 spiro atoms. The normalized spacial score (nSPS) is 17.6. The first-order valence-corrected chi connectivity index (χ1v) is 14.9. The number of rotatable bonds is 7. The van der Waals surface area contributed by atoms with Gasteiger partial charge in [-0.15, -0.1) is 10.2 Å². The van der Waals surface area contributed by atoms with E-state index in [9.17, 15) is 18.0 Å². The van der Waals surface area contributed by atoms with Crippen molar-refractivity contribution in [3.63, 3.8) is 0 Å². The number of sulfone groups is 1. The van der Waals surface area contributed by atoms with Gasteiger partial charge in [-0.05, 0) is 62.6 Å². The highest BCUT2D eigenvalue weighted by molar-refractivity contribution is 7.91. The summed E-state index contributed by atoms with van der Waals surface area (Å²) in [5.74, 6) is 1.09. The fourth-order valence-corrected chi connectivity index (χ4v) is 6.70. The van der Waals surface area contributed by atoms with Gasteiger partial charge in [-0.3, -0.25) is 9.59 Å². The SMILES string of the molecule is Cc1nnc(-c2ccc(Oc3cc(C(=O)NC4CCS(=O)(=O)CC4)ccc3CN3CCCC3=O)cc2)s1. The molecular weight excluding hydrogens is 512 g/mol. The first-order valence-electron chi connectivity index (χ1n) is 12.3. The topological polar surface area (TPSA) is 119 Å². The van der Waals surface area contributed by atoms with Gasteiger partial charge < -0.3 is 15.0 Å². The average Bonchev–Trinajstić information content (AvgIpc) is 3.49. The van der Waals surface area contributed by atoms with Crippen molar-refractivity contribution in [2.45, 2.75) is 45.2 Å². The molecule has 0 aliphatic carbocycles. The molecule has 2 fully saturated rings. The smallest absolute Gasteiger partial charge is 0.251 e. The van der Waals surface area contributed by atoms with Crippen LogP contribution in [0.5, 0.6) is 11.5 Å². The van der Waals surface area contributed by atoms with Crippen LogP contribution in [0.2, 0.25) is 0 Å². The molecule has 0 bridgehead atoms. The third-order valence-electron chi connectivity index (χ3n) is 6.61. The Kier molecular flexibility index (Phi) is 7.25. The lowest BCUT2D eigenvalue weighted by Gasteiger charge is -2.23. The number of hydrogen-bond acceptors (Lipinski definition) is 8. The van der Waals surface area contributed by atoms with Crippen molar-refractivity contribution in [1.82, 2.24) is 20.4 Å². The van der Waals surface area contributed by atoms with E-state index in [0.717, 1.165) is 27.6 Å². The molecule has 3 aromatic rings. The summed E-state index contributed by atoms with van der Waals surface area (Å²) >= 11 is 1.51. The van der Waals surface area contributed by atoms with Crippen molar-refractivity contribution in [2.24, 2.45) is 0 Å². The van der Waals surface area contributed by atoms with Crippen molar-refractivity contribution in [2.75, 3.05) is 18.1 Å². The lowest BCUT2D eigenvalue weighted by molar-refractivity contribution is -0.128. The summed E-state index contributed by atoms with van der Waals surface area (Å²) in [5.41, 5.74) is 2.16. The van der Waals surface area contributed by atoms with Gasteiger partial charge in [-0.1, -0.05) is 17.4 Å². The lowest BCUT2D eigenvalue weighted by atomic mass is 10.1. The second-order valence-corrected chi connectivity index (χ2v) is 12.9. The minimum atomic E-state index is -3.01. The van der Waals surface area contributed by atoms with Gasteiger partial charge in [0.1, 0.15) is 31.4 Å². The standard InChI is InChI=1S/C26H28N4O5S2/c1-17-28-29-26(36-17)18-6-8-22(9-7-18)35-23-15-19(4-5-20(23)16-30-12-2-3-24(30)31)25(32)27-21-10-13-37(33,34)14-11-21/h4-9,15,21H,2-3,10-14,16H2,1H3,(H,27,32). The maximum absolute atomic E-state index is 13.0. The molecule has 9 nitrogen and oxygen atoms in total. The average molecular weight is 541 g/mol. The Balaban J connectivity index is 1.36. The molecule has 1 aromatic heterocycles. The highest BCUT2D eigenvalue weighted by Gasteiger charge is 2.26. The number of carbonyl (C=O) groups excluding carboxylic acids is 2. The van der Waals surface area contributed by atoms with E-state index in [2.05, 4.69) is 15.5 Å². The molecule has 5 rings (SSSR count). The molecule has 11 heteroatoms. The van der Waals surface area contributed by atoms with Gasteiger partial charge in [-0.2, -0.15) is 0 Å². The highest BCUT2D eigenvalue weighted by Crippen LogP contribution is 2.31. The Hall–Kier alpha value is -3.31. The number of ether oxygens (including phenoxy) is 1. The zero-order valence-electron chi connectivity index (χ0n) is 20.5. The number of amides is 2. The van der Waals surface area contributed by atoms with E-state index in [4.69, 9.17) is 4.74 Å². The molecule has 2 aliphatic rings. The van der Waals surface area contributed by atoms with Crippen LogP contribution in [0.3, 0.4) is 0 Å². The number of likely N-dealkylation sites (tertiary alicyclic amines) is 1. The van der Waals surface area contributed by atoms with Crippen molar-refractivity contribution in [3.8, 4) is 22.1 Å². The van der Waals surface area contributed by atoms with Crippen LogP contribution in [0.1, 0.15) is 46.6 Å². The van der Waals surface area contributed by atoms with Crippen LogP contribution in [0, 0.1) is 6.92 Å². The van der Waals surface area contributed by atoms with Crippen molar-refractivity contribution in [1.29, 1.82) is 0 Å². The summed E-state index contributed by atoms with van der Waals surface area (Å²) in [7, 11) is -3.01. The summed E-state index contributed by atoms with van der Waals surface area (Å²) in [4.78, 5) is 27.0. The van der Waals surface area contributed by atoms with Gasteiger partial charge in [0.05, 0.1) is 11.5 Å². The van der Waals surface area contributed by atoms with Gasteiger partial charge in [-0.25, -0.2) is 8.42 Å². The van der Waals surface area contributed by atoms with E-state index in [0.29, 0.717) is 49.4 Å². The number of nitrogens with zero attached hydrogens (tertiary/aromatic N) is 3. The molecule has 1 N–H and O–H groups in total. The number of hydrogen-bond donors (Lipinski definition) is 1. The van der Waals surface area contributed by atoms with Crippen LogP contribution in [0.4, 0.5) is 0 Å². The van der Waals surface area contributed by atoms with E-state index in [1.165, 1.54) is 11.3 Å². The zero-order chi connectivity index (χ0) is 26.0. The molecule has 37 heavy (non-hydrogen) atoms. The zero-order valence-corrected chi connectivity index (χ0v) is 22.1. The maximum Gasteiger partial charge on any atom is 0.251 e. The molecule has 2 aromatic carbocycles. The van der Waals surface area contributed by atoms with Crippen LogP contribution >= 0.6 is 11.3 Å². The highest BCUT2D eigenvalue weighted by atomic mass is 32.2. The second kappa shape index (κ2) is 10.6. The van der Waals surface area contributed by atoms with Gasteiger partial charge >= 0.3 is 0 Å². The summed E-state index contributed by atoms with van der Waals surface area (Å²) < 4.78 is 29.7. The quantitative estimate of drug-likeness (QED) is 0.485. The first kappa shape index (κ1) is 25.3. The summed E-state index contributed by atoms with van der Waals surface area (Å²) in [5, 5.41) is 12.9. The molecule has 0 unspecified atom stereocenters. The van der Waals surface area contributed by atoms with Crippen LogP contribution < -0.4 is 10.1 Å². The van der Waals surface area contributed by atoms with E-state index >= 15 is 0 Å². The summed E-state index contributed by atoms with van der Waals surface area (Å²) in [6.07, 6.45) is 2.19. The Bertz CT molecular complexity index is 1400. The van der Waals surface area contributed by atoms with Crippen molar-refractivity contribution < 1.29 is 22.7 Å². The molecule has 2 saturated heterocycles. The third kappa shape index (κ3) is 6.16. The monoisotopic (exact) mass is 540 g/mol. The second-order valence-electron chi connectivity index (χ2n) is 9.39. The Labute approximate surface area is 219 Å². The van der Waals surface area contributed by atoms with Crippen molar-refractivity contribution >= 4 is 33.0 Å². The molecular formula is C26H28N4O5S2. The molecule has 3 heterocycles. The molecule has 2 aliphatic heterocycles. The molecule has 2 amide bonds. The third-order valence-corrected chi connectivity index (χ3v) is 9.21. The summed E-state index contributed by atoms with van der Waals surface area (Å²) in [6.45, 7) is 3.00.